The van der Waals surface area contributed by atoms with Gasteiger partial charge in [-0.2, -0.15) is 0 Å². The van der Waals surface area contributed by atoms with Crippen molar-refractivity contribution in [3.63, 3.8) is 0 Å². The fourth-order valence-electron chi connectivity index (χ4n) is 4.74. The lowest BCUT2D eigenvalue weighted by Crippen LogP contribution is -2.58. The van der Waals surface area contributed by atoms with Gasteiger partial charge in [0.15, 0.2) is 0 Å². The average molecular weight is 399 g/mol. The molecule has 3 fully saturated rings. The van der Waals surface area contributed by atoms with Gasteiger partial charge in [-0.1, -0.05) is 19.3 Å². The molecule has 1 aliphatic carbocycles. The number of nitrogens with zero attached hydrogens (tertiary/aromatic N) is 2. The summed E-state index contributed by atoms with van der Waals surface area (Å²) in [4.78, 5) is 39.2. The normalized spacial score (nSPS) is 25.2. The number of carbonyl (C=O) groups is 3. The molecule has 1 saturated carbocycles. The molecule has 7 heteroatoms. The van der Waals surface area contributed by atoms with E-state index in [0.717, 1.165) is 75.0 Å². The highest BCUT2D eigenvalue weighted by Gasteiger charge is 2.40. The number of urea groups is 1. The molecular formula is C22H29N3O4. The maximum absolute atomic E-state index is 13.1. The lowest BCUT2D eigenvalue weighted by molar-refractivity contribution is -0.132. The quantitative estimate of drug-likeness (QED) is 0.623. The summed E-state index contributed by atoms with van der Waals surface area (Å²) in [6, 6.07) is 1.27. The average Bonchev–Trinajstić information content (AvgIpc) is 3.30. The van der Waals surface area contributed by atoms with Gasteiger partial charge in [0.1, 0.15) is 5.57 Å². The van der Waals surface area contributed by atoms with Crippen LogP contribution in [-0.2, 0) is 20.9 Å². The van der Waals surface area contributed by atoms with E-state index in [2.05, 4.69) is 9.88 Å². The van der Waals surface area contributed by atoms with Crippen molar-refractivity contribution in [3.05, 3.63) is 28.6 Å². The second-order valence-electron chi connectivity index (χ2n) is 8.36. The number of carbonyl (C=O) groups excluding carboxylic acids is 3. The summed E-state index contributed by atoms with van der Waals surface area (Å²) >= 11 is 0. The van der Waals surface area contributed by atoms with Gasteiger partial charge in [-0.15, -0.1) is 0 Å². The minimum Gasteiger partial charge on any atom is -0.376 e. The van der Waals surface area contributed by atoms with Gasteiger partial charge in [0.2, 0.25) is 0 Å². The first kappa shape index (κ1) is 19.9. The van der Waals surface area contributed by atoms with Gasteiger partial charge < -0.3 is 9.30 Å². The standard InChI is InChI=1S/C22H29N3O4/c1-14-11-16(15(2)24(14)13-18-9-6-10-29-18)12-19-20(26)23-22(28)25(21(19)27)17-7-4-3-5-8-17/h11-12,17-18H,3-10,13H2,1-2H3,(H,23,26,28)/b19-12+/t18-/m1/s1. The molecule has 2 aliphatic heterocycles. The summed E-state index contributed by atoms with van der Waals surface area (Å²) in [7, 11) is 0. The summed E-state index contributed by atoms with van der Waals surface area (Å²) in [5, 5.41) is 2.36. The lowest BCUT2D eigenvalue weighted by atomic mass is 9.93. The highest BCUT2D eigenvalue weighted by atomic mass is 16.5. The van der Waals surface area contributed by atoms with Crippen LogP contribution in [-0.4, -0.2) is 46.1 Å². The Kier molecular flexibility index (Phi) is 5.58. The molecule has 7 nitrogen and oxygen atoms in total. The zero-order valence-corrected chi connectivity index (χ0v) is 17.2. The number of hydrogen-bond donors (Lipinski definition) is 1. The molecule has 4 amide bonds. The Balaban J connectivity index is 1.61. The molecule has 1 aromatic heterocycles. The van der Waals surface area contributed by atoms with Crippen molar-refractivity contribution < 1.29 is 19.1 Å². The van der Waals surface area contributed by atoms with E-state index in [1.54, 1.807) is 6.08 Å². The second-order valence-corrected chi connectivity index (χ2v) is 8.36. The van der Waals surface area contributed by atoms with Crippen LogP contribution in [0.5, 0.6) is 0 Å². The Morgan fingerprint density at radius 1 is 1.10 bits per heavy atom. The van der Waals surface area contributed by atoms with E-state index in [-0.39, 0.29) is 17.7 Å². The number of aromatic nitrogens is 1. The smallest absolute Gasteiger partial charge is 0.331 e. The molecule has 2 saturated heterocycles. The Bertz CT molecular complexity index is 858. The van der Waals surface area contributed by atoms with Crippen LogP contribution in [0.15, 0.2) is 11.6 Å². The summed E-state index contributed by atoms with van der Waals surface area (Å²) < 4.78 is 7.93. The zero-order valence-electron chi connectivity index (χ0n) is 17.2. The highest BCUT2D eigenvalue weighted by molar-refractivity contribution is 6.31. The fraction of sp³-hybridized carbons (Fsp3) is 0.591. The van der Waals surface area contributed by atoms with E-state index in [4.69, 9.17) is 4.74 Å². The van der Waals surface area contributed by atoms with E-state index in [1.165, 1.54) is 4.90 Å². The number of hydrogen-bond acceptors (Lipinski definition) is 4. The molecule has 3 aliphatic rings. The second kappa shape index (κ2) is 8.14. The van der Waals surface area contributed by atoms with Crippen LogP contribution in [0, 0.1) is 13.8 Å². The number of amides is 4. The highest BCUT2D eigenvalue weighted by Crippen LogP contribution is 2.27. The first-order valence-electron chi connectivity index (χ1n) is 10.6. The number of nitrogens with one attached hydrogen (secondary N) is 1. The largest absolute Gasteiger partial charge is 0.376 e. The molecule has 4 rings (SSSR count). The van der Waals surface area contributed by atoms with Crippen molar-refractivity contribution in [2.45, 2.75) is 77.5 Å². The molecule has 1 N–H and O–H groups in total. The molecule has 0 aromatic carbocycles. The Morgan fingerprint density at radius 3 is 2.55 bits per heavy atom. The Morgan fingerprint density at radius 2 is 1.86 bits per heavy atom. The number of ether oxygens (including phenoxy) is 1. The van der Waals surface area contributed by atoms with Gasteiger partial charge in [0.25, 0.3) is 11.8 Å². The topological polar surface area (TPSA) is 80.6 Å². The number of aryl methyl sites for hydroxylation is 1. The van der Waals surface area contributed by atoms with Gasteiger partial charge in [-0.05, 0) is 57.2 Å². The predicted molar refractivity (Wildman–Crippen MR) is 108 cm³/mol. The molecule has 1 aromatic rings. The molecule has 29 heavy (non-hydrogen) atoms. The molecular weight excluding hydrogens is 370 g/mol. The van der Waals surface area contributed by atoms with Crippen molar-refractivity contribution in [3.8, 4) is 0 Å². The van der Waals surface area contributed by atoms with Crippen molar-refractivity contribution in [1.82, 2.24) is 14.8 Å². The molecule has 0 unspecified atom stereocenters. The SMILES string of the molecule is Cc1cc(/C=C2\C(=O)NC(=O)N(C3CCCCC3)C2=O)c(C)n1C[C@H]1CCCO1. The van der Waals surface area contributed by atoms with Crippen LogP contribution in [0.25, 0.3) is 6.08 Å². The number of imide groups is 2. The van der Waals surface area contributed by atoms with Crippen LogP contribution < -0.4 is 5.32 Å². The van der Waals surface area contributed by atoms with Gasteiger partial charge >= 0.3 is 6.03 Å². The predicted octanol–water partition coefficient (Wildman–Crippen LogP) is 3.08. The third-order valence-electron chi connectivity index (χ3n) is 6.40. The monoisotopic (exact) mass is 399 g/mol. The maximum atomic E-state index is 13.1. The van der Waals surface area contributed by atoms with E-state index < -0.39 is 17.8 Å². The minimum atomic E-state index is -0.615. The zero-order chi connectivity index (χ0) is 20.5. The van der Waals surface area contributed by atoms with Gasteiger partial charge in [-0.3, -0.25) is 19.8 Å². The van der Waals surface area contributed by atoms with E-state index in [0.29, 0.717) is 0 Å². The van der Waals surface area contributed by atoms with Crippen LogP contribution in [0.1, 0.15) is 61.9 Å². The van der Waals surface area contributed by atoms with Crippen molar-refractivity contribution in [1.29, 1.82) is 0 Å². The van der Waals surface area contributed by atoms with Gasteiger partial charge in [-0.25, -0.2) is 4.79 Å². The summed E-state index contributed by atoms with van der Waals surface area (Å²) in [5.41, 5.74) is 2.92. The fourth-order valence-corrected chi connectivity index (χ4v) is 4.74. The van der Waals surface area contributed by atoms with Crippen molar-refractivity contribution >= 4 is 23.9 Å². The summed E-state index contributed by atoms with van der Waals surface area (Å²) in [6.45, 7) is 5.59. The van der Waals surface area contributed by atoms with Gasteiger partial charge in [0.05, 0.1) is 6.10 Å². The summed E-state index contributed by atoms with van der Waals surface area (Å²) in [5.74, 6) is -1.09. The number of barbiturate groups is 1. The van der Waals surface area contributed by atoms with Crippen LogP contribution in [0.2, 0.25) is 0 Å². The first-order chi connectivity index (χ1) is 14.0. The van der Waals surface area contributed by atoms with Crippen LogP contribution >= 0.6 is 0 Å². The molecule has 0 radical (unpaired) electrons. The Hall–Kier alpha value is -2.41. The van der Waals surface area contributed by atoms with Gasteiger partial charge in [0, 0.05) is 30.6 Å². The maximum Gasteiger partial charge on any atom is 0.331 e. The van der Waals surface area contributed by atoms with Crippen molar-refractivity contribution in [2.24, 2.45) is 0 Å². The molecule has 0 spiro atoms. The van der Waals surface area contributed by atoms with E-state index in [9.17, 15) is 14.4 Å². The van der Waals surface area contributed by atoms with E-state index in [1.807, 2.05) is 19.9 Å². The van der Waals surface area contributed by atoms with Crippen molar-refractivity contribution in [2.75, 3.05) is 6.61 Å². The third kappa shape index (κ3) is 3.88. The minimum absolute atomic E-state index is 0.0348. The first-order valence-corrected chi connectivity index (χ1v) is 10.6. The van der Waals surface area contributed by atoms with Crippen LogP contribution in [0.4, 0.5) is 4.79 Å². The molecule has 3 heterocycles. The van der Waals surface area contributed by atoms with E-state index >= 15 is 0 Å². The number of rotatable bonds is 4. The third-order valence-corrected chi connectivity index (χ3v) is 6.40. The molecule has 156 valence electrons. The van der Waals surface area contributed by atoms with Crippen LogP contribution in [0.3, 0.4) is 0 Å². The lowest BCUT2D eigenvalue weighted by Gasteiger charge is -2.35. The Labute approximate surface area is 171 Å². The summed E-state index contributed by atoms with van der Waals surface area (Å²) in [6.07, 6.45) is 8.70. The molecule has 0 bridgehead atoms. The molecule has 1 atom stereocenters.